The molecule has 0 unspecified atom stereocenters. The Labute approximate surface area is 142 Å². The molecule has 1 aromatic carbocycles. The highest BCUT2D eigenvalue weighted by Crippen LogP contribution is 2.48. The zero-order valence-corrected chi connectivity index (χ0v) is 13.9. The summed E-state index contributed by atoms with van der Waals surface area (Å²) in [7, 11) is 0. The summed E-state index contributed by atoms with van der Waals surface area (Å²) < 4.78 is 26.8. The maximum Gasteiger partial charge on any atom is 0.274 e. The zero-order valence-electron chi connectivity index (χ0n) is 13.1. The van der Waals surface area contributed by atoms with Crippen LogP contribution in [-0.2, 0) is 0 Å². The maximum atomic E-state index is 13.6. The van der Waals surface area contributed by atoms with Gasteiger partial charge >= 0.3 is 0 Å². The lowest BCUT2D eigenvalue weighted by atomic mass is 10.1. The molecule has 2 N–H and O–H groups in total. The van der Waals surface area contributed by atoms with Crippen LogP contribution >= 0.6 is 11.3 Å². The first kappa shape index (κ1) is 15.7. The van der Waals surface area contributed by atoms with E-state index in [0.29, 0.717) is 33.6 Å². The number of carbonyl (C=O) groups excluding carboxylic acids is 1. The van der Waals surface area contributed by atoms with Crippen molar-refractivity contribution in [2.24, 2.45) is 11.7 Å². The molecule has 7 heteroatoms. The van der Waals surface area contributed by atoms with Crippen LogP contribution in [0.5, 0.6) is 0 Å². The van der Waals surface area contributed by atoms with Gasteiger partial charge in [0.05, 0.1) is 9.88 Å². The number of carbonyl (C=O) groups is 1. The number of benzene rings is 1. The van der Waals surface area contributed by atoms with Crippen molar-refractivity contribution in [2.75, 3.05) is 6.54 Å². The van der Waals surface area contributed by atoms with E-state index in [9.17, 15) is 13.6 Å². The first-order valence-electron chi connectivity index (χ1n) is 7.95. The van der Waals surface area contributed by atoms with Crippen molar-refractivity contribution in [2.45, 2.75) is 31.8 Å². The van der Waals surface area contributed by atoms with Gasteiger partial charge in [0, 0.05) is 18.6 Å². The minimum absolute atomic E-state index is 0.0426. The van der Waals surface area contributed by atoms with Crippen LogP contribution in [-0.4, -0.2) is 34.4 Å². The molecule has 0 radical (unpaired) electrons. The van der Waals surface area contributed by atoms with Crippen molar-refractivity contribution < 1.29 is 13.6 Å². The molecule has 1 aliphatic heterocycles. The molecule has 1 aromatic heterocycles. The first-order chi connectivity index (χ1) is 11.5. The summed E-state index contributed by atoms with van der Waals surface area (Å²) in [4.78, 5) is 19.9. The summed E-state index contributed by atoms with van der Waals surface area (Å²) in [5.41, 5.74) is 6.60. The largest absolute Gasteiger partial charge is 0.330 e. The van der Waals surface area contributed by atoms with Crippen LogP contribution in [0.2, 0.25) is 0 Å². The van der Waals surface area contributed by atoms with Crippen LogP contribution < -0.4 is 5.73 Å². The van der Waals surface area contributed by atoms with Crippen LogP contribution in [0.4, 0.5) is 8.78 Å². The highest BCUT2D eigenvalue weighted by molar-refractivity contribution is 7.15. The summed E-state index contributed by atoms with van der Waals surface area (Å²) in [5, 5.41) is 0.717. The molecule has 4 rings (SSSR count). The Morgan fingerprint density at radius 2 is 2.17 bits per heavy atom. The van der Waals surface area contributed by atoms with Crippen molar-refractivity contribution in [1.82, 2.24) is 9.88 Å². The van der Waals surface area contributed by atoms with Crippen LogP contribution in [0.25, 0.3) is 10.4 Å². The Hall–Kier alpha value is -1.86. The van der Waals surface area contributed by atoms with E-state index in [-0.39, 0.29) is 18.0 Å². The molecule has 0 bridgehead atoms. The van der Waals surface area contributed by atoms with Gasteiger partial charge in [0.15, 0.2) is 11.6 Å². The zero-order chi connectivity index (χ0) is 17.0. The van der Waals surface area contributed by atoms with Crippen molar-refractivity contribution in [3.05, 3.63) is 40.5 Å². The predicted octanol–water partition coefficient (Wildman–Crippen LogP) is 2.96. The molecule has 1 aliphatic carbocycles. The van der Waals surface area contributed by atoms with Gasteiger partial charge in [-0.2, -0.15) is 0 Å². The second kappa shape index (κ2) is 5.60. The van der Waals surface area contributed by atoms with Gasteiger partial charge in [-0.05, 0) is 43.4 Å². The molecule has 4 nitrogen and oxygen atoms in total. The molecule has 0 spiro atoms. The van der Waals surface area contributed by atoms with Crippen LogP contribution in [0, 0.1) is 24.5 Å². The fraction of sp³-hybridized carbons (Fsp3) is 0.412. The number of amides is 1. The minimum atomic E-state index is -0.930. The van der Waals surface area contributed by atoms with Gasteiger partial charge in [-0.25, -0.2) is 13.8 Å². The number of aryl methyl sites for hydroxylation is 1. The summed E-state index contributed by atoms with van der Waals surface area (Å²) in [6.45, 7) is 2.23. The quantitative estimate of drug-likeness (QED) is 0.927. The monoisotopic (exact) mass is 349 g/mol. The third-order valence-corrected chi connectivity index (χ3v) is 5.86. The fourth-order valence-corrected chi connectivity index (χ4v) is 4.52. The highest BCUT2D eigenvalue weighted by Gasteiger charge is 2.54. The number of hydrogen-bond donors (Lipinski definition) is 1. The molecule has 2 fully saturated rings. The van der Waals surface area contributed by atoms with Crippen LogP contribution in [0.15, 0.2) is 18.2 Å². The third kappa shape index (κ3) is 2.43. The molecule has 1 saturated carbocycles. The molecule has 2 aliphatic rings. The van der Waals surface area contributed by atoms with Gasteiger partial charge in [-0.15, -0.1) is 11.3 Å². The first-order valence-corrected chi connectivity index (χ1v) is 8.76. The van der Waals surface area contributed by atoms with Crippen molar-refractivity contribution >= 4 is 17.2 Å². The average Bonchev–Trinajstić information content (AvgIpc) is 3.05. The third-order valence-electron chi connectivity index (χ3n) is 4.84. The number of likely N-dealkylation sites (tertiary alicyclic amines) is 1. The van der Waals surface area contributed by atoms with E-state index in [4.69, 9.17) is 5.73 Å². The van der Waals surface area contributed by atoms with E-state index in [2.05, 4.69) is 4.98 Å². The van der Waals surface area contributed by atoms with E-state index in [1.165, 1.54) is 17.4 Å². The normalized spacial score (nSPS) is 25.0. The molecule has 1 saturated heterocycles. The molecular formula is C17H17F2N3OS. The standard InChI is InChI=1S/C17H17F2N3OS/c1-8-21-15(16(24-8)9-2-3-12(18)13(19)5-9)17(23)22-11(7-20)4-10-6-14(10)22/h2-3,5,10-11,14H,4,6-7,20H2,1H3/t10-,11+,14+/m1/s1. The van der Waals surface area contributed by atoms with Gasteiger partial charge in [0.1, 0.15) is 5.69 Å². The SMILES string of the molecule is Cc1nc(C(=O)N2[C@H](CN)C[C@@H]3C[C@@H]32)c(-c2ccc(F)c(F)c2)s1. The number of thiazole rings is 1. The summed E-state index contributed by atoms with van der Waals surface area (Å²) in [6.07, 6.45) is 1.96. The summed E-state index contributed by atoms with van der Waals surface area (Å²) in [6, 6.07) is 3.96. The molecular weight excluding hydrogens is 332 g/mol. The highest BCUT2D eigenvalue weighted by atomic mass is 32.1. The lowest BCUT2D eigenvalue weighted by molar-refractivity contribution is 0.0701. The smallest absolute Gasteiger partial charge is 0.274 e. The number of hydrogen-bond acceptors (Lipinski definition) is 4. The van der Waals surface area contributed by atoms with Gasteiger partial charge < -0.3 is 10.6 Å². The van der Waals surface area contributed by atoms with E-state index >= 15 is 0 Å². The number of aromatic nitrogens is 1. The minimum Gasteiger partial charge on any atom is -0.330 e. The second-order valence-electron chi connectivity index (χ2n) is 6.44. The van der Waals surface area contributed by atoms with E-state index in [0.717, 1.165) is 25.0 Å². The van der Waals surface area contributed by atoms with E-state index in [1.807, 2.05) is 4.90 Å². The Kier molecular flexibility index (Phi) is 3.65. The predicted molar refractivity (Wildman–Crippen MR) is 87.7 cm³/mol. The van der Waals surface area contributed by atoms with Gasteiger partial charge in [-0.3, -0.25) is 4.79 Å². The average molecular weight is 349 g/mol. The van der Waals surface area contributed by atoms with Crippen LogP contribution in [0.3, 0.4) is 0 Å². The maximum absolute atomic E-state index is 13.6. The number of piperidine rings is 1. The van der Waals surface area contributed by atoms with E-state index in [1.54, 1.807) is 6.92 Å². The van der Waals surface area contributed by atoms with Crippen LogP contribution in [0.1, 0.15) is 28.3 Å². The Bertz CT molecular complexity index is 822. The molecule has 2 heterocycles. The van der Waals surface area contributed by atoms with Gasteiger partial charge in [-0.1, -0.05) is 6.07 Å². The van der Waals surface area contributed by atoms with Crippen molar-refractivity contribution in [3.8, 4) is 10.4 Å². The van der Waals surface area contributed by atoms with Crippen molar-refractivity contribution in [3.63, 3.8) is 0 Å². The molecule has 2 aromatic rings. The fourth-order valence-electron chi connectivity index (χ4n) is 3.61. The summed E-state index contributed by atoms with van der Waals surface area (Å²) in [5.74, 6) is -1.44. The molecule has 126 valence electrons. The Balaban J connectivity index is 1.73. The number of halogens is 2. The molecule has 1 amide bonds. The van der Waals surface area contributed by atoms with E-state index < -0.39 is 11.6 Å². The topological polar surface area (TPSA) is 59.2 Å². The molecule has 24 heavy (non-hydrogen) atoms. The molecule has 3 atom stereocenters. The van der Waals surface area contributed by atoms with Gasteiger partial charge in [0.2, 0.25) is 0 Å². The number of nitrogens with two attached hydrogens (primary N) is 1. The number of nitrogens with zero attached hydrogens (tertiary/aromatic N) is 2. The second-order valence-corrected chi connectivity index (χ2v) is 7.64. The van der Waals surface area contributed by atoms with Gasteiger partial charge in [0.25, 0.3) is 5.91 Å². The number of rotatable bonds is 3. The Morgan fingerprint density at radius 1 is 1.38 bits per heavy atom. The number of fused-ring (bicyclic) bond motifs is 1. The van der Waals surface area contributed by atoms with Crippen molar-refractivity contribution in [1.29, 1.82) is 0 Å². The summed E-state index contributed by atoms with van der Waals surface area (Å²) >= 11 is 1.31. The lowest BCUT2D eigenvalue weighted by Crippen LogP contribution is -2.42. The Morgan fingerprint density at radius 3 is 2.88 bits per heavy atom. The lowest BCUT2D eigenvalue weighted by Gasteiger charge is -2.26.